The van der Waals surface area contributed by atoms with Gasteiger partial charge in [0.1, 0.15) is 22.8 Å². The number of nitrogens with zero attached hydrogens (tertiary/aromatic N) is 1. The number of hydrogen-bond donors (Lipinski definition) is 1. The maximum absolute atomic E-state index is 13.9. The van der Waals surface area contributed by atoms with Crippen molar-refractivity contribution in [2.24, 2.45) is 11.1 Å². The molecule has 0 saturated heterocycles. The first-order valence-corrected chi connectivity index (χ1v) is 12.2. The molecule has 1 amide bonds. The van der Waals surface area contributed by atoms with Crippen molar-refractivity contribution in [2.75, 3.05) is 35.0 Å². The molecule has 0 aliphatic carbocycles. The van der Waals surface area contributed by atoms with E-state index in [1.54, 1.807) is 59.8 Å². The average molecular weight is 533 g/mol. The molecule has 0 bridgehead atoms. The van der Waals surface area contributed by atoms with Crippen molar-refractivity contribution < 1.29 is 38.1 Å². The van der Waals surface area contributed by atoms with Crippen LogP contribution in [0.2, 0.25) is 0 Å². The Bertz CT molecular complexity index is 1120. The number of nitrogens with two attached hydrogens (primary N) is 1. The summed E-state index contributed by atoms with van der Waals surface area (Å²) in [6.45, 7) is 10.2. The fraction of sp³-hybridized carbons (Fsp3) is 0.536. The highest BCUT2D eigenvalue weighted by Gasteiger charge is 2.44. The lowest BCUT2D eigenvalue weighted by Crippen LogP contribution is -2.48. The number of ether oxygens (including phenoxy) is 5. The van der Waals surface area contributed by atoms with Gasteiger partial charge in [-0.15, -0.1) is 0 Å². The predicted molar refractivity (Wildman–Crippen MR) is 142 cm³/mol. The highest BCUT2D eigenvalue weighted by molar-refractivity contribution is 5.96. The Morgan fingerprint density at radius 1 is 0.947 bits per heavy atom. The minimum absolute atomic E-state index is 0.112. The third-order valence-corrected chi connectivity index (χ3v) is 6.39. The second-order valence-corrected chi connectivity index (χ2v) is 10.4. The third kappa shape index (κ3) is 6.30. The summed E-state index contributed by atoms with van der Waals surface area (Å²) in [5, 5.41) is 0. The first-order chi connectivity index (χ1) is 17.7. The van der Waals surface area contributed by atoms with E-state index in [0.29, 0.717) is 34.2 Å². The van der Waals surface area contributed by atoms with Gasteiger partial charge in [-0.05, 0) is 41.5 Å². The smallest absolute Gasteiger partial charge is 0.336 e. The van der Waals surface area contributed by atoms with E-state index < -0.39 is 34.8 Å². The second kappa shape index (κ2) is 11.9. The van der Waals surface area contributed by atoms with E-state index in [1.807, 2.05) is 0 Å². The van der Waals surface area contributed by atoms with Crippen molar-refractivity contribution in [3.8, 4) is 17.2 Å². The molecular formula is C28H40N2O8. The number of rotatable bonds is 9. The SMILES string of the molecule is COC(=O)C1=C(C)N(C(=O)C(C)(CN)CC(=O)OC(C)(C)C)C(C)=CC1c1c(OC)cc(OC)cc1OC. The van der Waals surface area contributed by atoms with Gasteiger partial charge in [0.05, 0.1) is 45.8 Å². The Hall–Kier alpha value is -3.53. The molecular weight excluding hydrogens is 492 g/mol. The minimum Gasteiger partial charge on any atom is -0.496 e. The molecule has 1 aromatic carbocycles. The Morgan fingerprint density at radius 3 is 1.92 bits per heavy atom. The predicted octanol–water partition coefficient (Wildman–Crippen LogP) is 3.69. The molecule has 0 spiro atoms. The van der Waals surface area contributed by atoms with E-state index in [4.69, 9.17) is 29.4 Å². The zero-order valence-corrected chi connectivity index (χ0v) is 24.0. The van der Waals surface area contributed by atoms with Gasteiger partial charge in [-0.1, -0.05) is 6.08 Å². The summed E-state index contributed by atoms with van der Waals surface area (Å²) in [5.74, 6) is -0.907. The maximum atomic E-state index is 13.9. The second-order valence-electron chi connectivity index (χ2n) is 10.4. The van der Waals surface area contributed by atoms with Crippen LogP contribution in [0, 0.1) is 5.41 Å². The van der Waals surface area contributed by atoms with Crippen molar-refractivity contribution in [3.63, 3.8) is 0 Å². The van der Waals surface area contributed by atoms with E-state index in [2.05, 4.69) is 0 Å². The topological polar surface area (TPSA) is 127 Å². The molecule has 2 atom stereocenters. The van der Waals surface area contributed by atoms with Gasteiger partial charge < -0.3 is 29.4 Å². The van der Waals surface area contributed by atoms with Crippen LogP contribution in [-0.2, 0) is 23.9 Å². The zero-order valence-electron chi connectivity index (χ0n) is 24.0. The number of carbonyl (C=O) groups is 3. The van der Waals surface area contributed by atoms with Crippen LogP contribution in [0.1, 0.15) is 59.4 Å². The standard InChI is InChI=1S/C28H40N2O8/c1-16-11-19(24-20(35-8)12-18(34-7)13-21(24)36-9)23(25(32)37-10)17(2)30(16)26(33)28(6,15-29)14-22(31)38-27(3,4)5/h11-13,19H,14-15,29H2,1-10H3. The fourth-order valence-corrected chi connectivity index (χ4v) is 4.47. The lowest BCUT2D eigenvalue weighted by atomic mass is 9.81. The highest BCUT2D eigenvalue weighted by atomic mass is 16.6. The van der Waals surface area contributed by atoms with Gasteiger partial charge in [-0.3, -0.25) is 14.5 Å². The van der Waals surface area contributed by atoms with E-state index in [9.17, 15) is 14.4 Å². The fourth-order valence-electron chi connectivity index (χ4n) is 4.47. The summed E-state index contributed by atoms with van der Waals surface area (Å²) in [5.41, 5.74) is 5.69. The molecule has 0 saturated carbocycles. The lowest BCUT2D eigenvalue weighted by Gasteiger charge is -2.39. The molecule has 38 heavy (non-hydrogen) atoms. The molecule has 1 aliphatic heterocycles. The molecule has 1 aromatic rings. The molecule has 10 nitrogen and oxygen atoms in total. The minimum atomic E-state index is -1.29. The number of benzene rings is 1. The molecule has 210 valence electrons. The Labute approximate surface area is 224 Å². The number of amides is 1. The van der Waals surface area contributed by atoms with E-state index in [-0.39, 0.29) is 18.5 Å². The normalized spacial score (nSPS) is 17.3. The summed E-state index contributed by atoms with van der Waals surface area (Å²) in [6, 6.07) is 3.38. The van der Waals surface area contributed by atoms with Gasteiger partial charge in [0.25, 0.3) is 0 Å². The Kier molecular flexibility index (Phi) is 9.61. The van der Waals surface area contributed by atoms with Gasteiger partial charge in [0, 0.05) is 41.6 Å². The number of methoxy groups -OCH3 is 4. The molecule has 0 fully saturated rings. The van der Waals surface area contributed by atoms with Crippen molar-refractivity contribution in [3.05, 3.63) is 40.7 Å². The Morgan fingerprint density at radius 2 is 1.50 bits per heavy atom. The van der Waals surface area contributed by atoms with Gasteiger partial charge in [0.15, 0.2) is 0 Å². The number of allylic oxidation sites excluding steroid dienone is 3. The third-order valence-electron chi connectivity index (χ3n) is 6.39. The van der Waals surface area contributed by atoms with Gasteiger partial charge in [-0.2, -0.15) is 0 Å². The summed E-state index contributed by atoms with van der Waals surface area (Å²) >= 11 is 0. The summed E-state index contributed by atoms with van der Waals surface area (Å²) in [7, 11) is 5.80. The van der Waals surface area contributed by atoms with Crippen molar-refractivity contribution in [2.45, 2.75) is 59.5 Å². The first kappa shape index (κ1) is 30.7. The van der Waals surface area contributed by atoms with Crippen LogP contribution in [0.15, 0.2) is 35.2 Å². The van der Waals surface area contributed by atoms with E-state index in [0.717, 1.165) is 0 Å². The number of hydrogen-bond acceptors (Lipinski definition) is 9. The molecule has 2 unspecified atom stereocenters. The molecule has 10 heteroatoms. The number of carbonyl (C=O) groups excluding carboxylic acids is 3. The van der Waals surface area contributed by atoms with Crippen LogP contribution in [0.4, 0.5) is 0 Å². The zero-order chi connectivity index (χ0) is 29.0. The van der Waals surface area contributed by atoms with Crippen molar-refractivity contribution in [1.29, 1.82) is 0 Å². The maximum Gasteiger partial charge on any atom is 0.336 e. The van der Waals surface area contributed by atoms with Gasteiger partial charge in [-0.25, -0.2) is 4.79 Å². The lowest BCUT2D eigenvalue weighted by molar-refractivity contribution is -0.160. The molecule has 2 rings (SSSR count). The highest BCUT2D eigenvalue weighted by Crippen LogP contribution is 2.47. The average Bonchev–Trinajstić information content (AvgIpc) is 2.85. The first-order valence-electron chi connectivity index (χ1n) is 12.2. The van der Waals surface area contributed by atoms with E-state index in [1.165, 1.54) is 33.3 Å². The summed E-state index contributed by atoms with van der Waals surface area (Å²) < 4.78 is 27.2. The Balaban J connectivity index is 2.68. The van der Waals surface area contributed by atoms with Crippen molar-refractivity contribution in [1.82, 2.24) is 4.90 Å². The van der Waals surface area contributed by atoms with Crippen LogP contribution in [-0.4, -0.2) is 63.3 Å². The molecule has 0 aromatic heterocycles. The molecule has 1 heterocycles. The molecule has 2 N–H and O–H groups in total. The van der Waals surface area contributed by atoms with Gasteiger partial charge >= 0.3 is 11.9 Å². The largest absolute Gasteiger partial charge is 0.496 e. The van der Waals surface area contributed by atoms with Crippen molar-refractivity contribution >= 4 is 17.8 Å². The van der Waals surface area contributed by atoms with Gasteiger partial charge in [0.2, 0.25) is 5.91 Å². The van der Waals surface area contributed by atoms with Crippen LogP contribution in [0.3, 0.4) is 0 Å². The number of esters is 2. The molecule has 0 radical (unpaired) electrons. The van der Waals surface area contributed by atoms with Crippen LogP contribution >= 0.6 is 0 Å². The quantitative estimate of drug-likeness (QED) is 0.474. The van der Waals surface area contributed by atoms with Crippen LogP contribution < -0.4 is 19.9 Å². The summed E-state index contributed by atoms with van der Waals surface area (Å²) in [4.78, 5) is 41.2. The van der Waals surface area contributed by atoms with Crippen LogP contribution in [0.25, 0.3) is 0 Å². The summed E-state index contributed by atoms with van der Waals surface area (Å²) in [6.07, 6.45) is 1.53. The van der Waals surface area contributed by atoms with E-state index >= 15 is 0 Å². The van der Waals surface area contributed by atoms with Crippen LogP contribution in [0.5, 0.6) is 17.2 Å². The monoisotopic (exact) mass is 532 g/mol. The molecule has 1 aliphatic rings.